The van der Waals surface area contributed by atoms with Crippen molar-refractivity contribution in [2.24, 2.45) is 0 Å². The summed E-state index contributed by atoms with van der Waals surface area (Å²) in [6.07, 6.45) is 1.25. The highest BCUT2D eigenvalue weighted by Crippen LogP contribution is 2.25. The fraction of sp³-hybridized carbons (Fsp3) is 0.0556. The van der Waals surface area contributed by atoms with E-state index in [1.807, 2.05) is 6.07 Å². The van der Waals surface area contributed by atoms with E-state index in [4.69, 9.17) is 23.2 Å². The third-order valence-electron chi connectivity index (χ3n) is 3.13. The highest BCUT2D eigenvalue weighted by molar-refractivity contribution is 6.35. The molecule has 132 valence electrons. The first-order valence-electron chi connectivity index (χ1n) is 7.40. The van der Waals surface area contributed by atoms with Crippen LogP contribution in [0.15, 0.2) is 54.2 Å². The van der Waals surface area contributed by atoms with Crippen LogP contribution in [0.2, 0.25) is 10.0 Å². The molecule has 0 aliphatic heterocycles. The molecule has 0 atom stereocenters. The summed E-state index contributed by atoms with van der Waals surface area (Å²) >= 11 is 11.9. The minimum Gasteiger partial charge on any atom is -0.359 e. The number of amides is 2. The Morgan fingerprint density at radius 2 is 1.65 bits per heavy atom. The number of nitrogens with zero attached hydrogens (tertiary/aromatic N) is 1. The minimum atomic E-state index is -0.592. The zero-order chi connectivity index (χ0) is 19.1. The molecule has 0 heterocycles. The summed E-state index contributed by atoms with van der Waals surface area (Å²) in [6, 6.07) is 13.1. The summed E-state index contributed by atoms with van der Waals surface area (Å²) in [5, 5.41) is 18.1. The number of carbonyl (C=O) groups excluding carboxylic acids is 2. The second-order valence-corrected chi connectivity index (χ2v) is 5.99. The van der Waals surface area contributed by atoms with E-state index in [1.54, 1.807) is 42.5 Å². The van der Waals surface area contributed by atoms with E-state index in [0.717, 1.165) is 0 Å². The van der Waals surface area contributed by atoms with Crippen molar-refractivity contribution >= 4 is 52.1 Å². The van der Waals surface area contributed by atoms with Gasteiger partial charge in [-0.2, -0.15) is 5.26 Å². The summed E-state index contributed by atoms with van der Waals surface area (Å²) in [5.74, 6) is -0.785. The molecule has 0 saturated heterocycles. The number of hydrogen-bond donors (Lipinski definition) is 3. The molecule has 2 rings (SSSR count). The average molecular weight is 389 g/mol. The van der Waals surface area contributed by atoms with Crippen molar-refractivity contribution in [1.29, 1.82) is 5.26 Å². The van der Waals surface area contributed by atoms with Gasteiger partial charge in [-0.1, -0.05) is 23.2 Å². The van der Waals surface area contributed by atoms with Crippen molar-refractivity contribution in [1.82, 2.24) is 0 Å². The molecule has 6 nitrogen and oxygen atoms in total. The molecule has 0 aliphatic carbocycles. The van der Waals surface area contributed by atoms with Crippen LogP contribution in [0, 0.1) is 11.3 Å². The fourth-order valence-electron chi connectivity index (χ4n) is 1.95. The van der Waals surface area contributed by atoms with Gasteiger partial charge in [0.05, 0.1) is 10.7 Å². The summed E-state index contributed by atoms with van der Waals surface area (Å²) in [5.41, 5.74) is 1.40. The molecule has 0 spiro atoms. The first-order valence-corrected chi connectivity index (χ1v) is 8.15. The maximum atomic E-state index is 12.2. The summed E-state index contributed by atoms with van der Waals surface area (Å²) < 4.78 is 0. The molecule has 2 amide bonds. The first-order chi connectivity index (χ1) is 12.4. The van der Waals surface area contributed by atoms with Crippen LogP contribution < -0.4 is 16.0 Å². The van der Waals surface area contributed by atoms with Gasteiger partial charge < -0.3 is 16.0 Å². The van der Waals surface area contributed by atoms with E-state index in [-0.39, 0.29) is 11.5 Å². The van der Waals surface area contributed by atoms with Crippen LogP contribution in [-0.4, -0.2) is 11.8 Å². The molecule has 2 aromatic rings. The Hall–Kier alpha value is -3.01. The second-order valence-electron chi connectivity index (χ2n) is 5.15. The van der Waals surface area contributed by atoms with Gasteiger partial charge in [0.25, 0.3) is 5.91 Å². The molecule has 0 fully saturated rings. The number of nitriles is 1. The lowest BCUT2D eigenvalue weighted by Crippen LogP contribution is -2.14. The summed E-state index contributed by atoms with van der Waals surface area (Å²) in [4.78, 5) is 23.2. The molecule has 0 radical (unpaired) electrons. The Labute approximate surface area is 160 Å². The zero-order valence-electron chi connectivity index (χ0n) is 13.6. The number of hydrogen-bond acceptors (Lipinski definition) is 4. The smallest absolute Gasteiger partial charge is 0.267 e. The number of benzene rings is 2. The third-order valence-corrected chi connectivity index (χ3v) is 3.69. The number of anilines is 3. The molecule has 0 aliphatic rings. The lowest BCUT2D eigenvalue weighted by molar-refractivity contribution is -0.114. The van der Waals surface area contributed by atoms with Gasteiger partial charge in [0.15, 0.2) is 0 Å². The van der Waals surface area contributed by atoms with Gasteiger partial charge in [-0.25, -0.2) is 0 Å². The topological polar surface area (TPSA) is 94.0 Å². The molecule has 3 N–H and O–H groups in total. The lowest BCUT2D eigenvalue weighted by Gasteiger charge is -2.08. The van der Waals surface area contributed by atoms with E-state index in [1.165, 1.54) is 13.1 Å². The van der Waals surface area contributed by atoms with Crippen molar-refractivity contribution in [3.8, 4) is 6.07 Å². The maximum absolute atomic E-state index is 12.2. The Bertz CT molecular complexity index is 902. The molecule has 0 aromatic heterocycles. The minimum absolute atomic E-state index is 0.146. The van der Waals surface area contributed by atoms with Crippen LogP contribution >= 0.6 is 23.2 Å². The van der Waals surface area contributed by atoms with Gasteiger partial charge in [0, 0.05) is 29.5 Å². The molecule has 0 unspecified atom stereocenters. The number of halogens is 2. The Kier molecular flexibility index (Phi) is 6.61. The monoisotopic (exact) mass is 388 g/mol. The van der Waals surface area contributed by atoms with Crippen molar-refractivity contribution < 1.29 is 9.59 Å². The summed E-state index contributed by atoms with van der Waals surface area (Å²) in [7, 11) is 0. The van der Waals surface area contributed by atoms with E-state index in [9.17, 15) is 14.9 Å². The normalized spacial score (nSPS) is 10.6. The van der Waals surface area contributed by atoms with E-state index in [0.29, 0.717) is 27.1 Å². The molecule has 0 saturated carbocycles. The average Bonchev–Trinajstić information content (AvgIpc) is 2.59. The largest absolute Gasteiger partial charge is 0.359 e. The fourth-order valence-corrected chi connectivity index (χ4v) is 2.29. The van der Waals surface area contributed by atoms with Gasteiger partial charge in [0.1, 0.15) is 11.6 Å². The Balaban J connectivity index is 2.07. The maximum Gasteiger partial charge on any atom is 0.267 e. The highest BCUT2D eigenvalue weighted by atomic mass is 35.5. The van der Waals surface area contributed by atoms with E-state index >= 15 is 0 Å². The second kappa shape index (κ2) is 8.90. The van der Waals surface area contributed by atoms with Crippen LogP contribution in [0.5, 0.6) is 0 Å². The van der Waals surface area contributed by atoms with Crippen molar-refractivity contribution in [3.05, 3.63) is 64.3 Å². The quantitative estimate of drug-likeness (QED) is 0.522. The van der Waals surface area contributed by atoms with Crippen LogP contribution in [0.3, 0.4) is 0 Å². The van der Waals surface area contributed by atoms with E-state index < -0.39 is 5.91 Å². The Morgan fingerprint density at radius 1 is 1.04 bits per heavy atom. The standard InChI is InChI=1S/C18H14Cl2N4O2/c1-11(25)23-14-3-5-15(6-4-14)24-18(26)12(9-21)10-22-17-8-13(19)2-7-16(17)20/h2-8,10,22H,1H3,(H,23,25)(H,24,26)/b12-10-. The predicted octanol–water partition coefficient (Wildman–Crippen LogP) is 4.41. The molecular weight excluding hydrogens is 375 g/mol. The van der Waals surface area contributed by atoms with Crippen molar-refractivity contribution in [3.63, 3.8) is 0 Å². The van der Waals surface area contributed by atoms with Crippen molar-refractivity contribution in [2.45, 2.75) is 6.92 Å². The van der Waals surface area contributed by atoms with Gasteiger partial charge in [-0.05, 0) is 42.5 Å². The number of nitrogens with one attached hydrogen (secondary N) is 3. The molecule has 2 aromatic carbocycles. The summed E-state index contributed by atoms with van der Waals surface area (Å²) in [6.45, 7) is 1.40. The third kappa shape index (κ3) is 5.52. The van der Waals surface area contributed by atoms with Gasteiger partial charge >= 0.3 is 0 Å². The number of carbonyl (C=O) groups is 2. The zero-order valence-corrected chi connectivity index (χ0v) is 15.2. The van der Waals surface area contributed by atoms with Gasteiger partial charge in [-0.15, -0.1) is 0 Å². The van der Waals surface area contributed by atoms with Gasteiger partial charge in [0.2, 0.25) is 5.91 Å². The Morgan fingerprint density at radius 3 is 2.23 bits per heavy atom. The molecular formula is C18H14Cl2N4O2. The predicted molar refractivity (Wildman–Crippen MR) is 103 cm³/mol. The number of rotatable bonds is 5. The molecule has 26 heavy (non-hydrogen) atoms. The molecule has 0 bridgehead atoms. The van der Waals surface area contributed by atoms with Crippen molar-refractivity contribution in [2.75, 3.05) is 16.0 Å². The van der Waals surface area contributed by atoms with Crippen LogP contribution in [0.4, 0.5) is 17.1 Å². The van der Waals surface area contributed by atoms with Gasteiger partial charge in [-0.3, -0.25) is 9.59 Å². The highest BCUT2D eigenvalue weighted by Gasteiger charge is 2.10. The first kappa shape index (κ1) is 19.3. The van der Waals surface area contributed by atoms with Crippen LogP contribution in [0.25, 0.3) is 0 Å². The van der Waals surface area contributed by atoms with Crippen LogP contribution in [-0.2, 0) is 9.59 Å². The SMILES string of the molecule is CC(=O)Nc1ccc(NC(=O)/C(C#N)=C\Nc2cc(Cl)ccc2Cl)cc1. The van der Waals surface area contributed by atoms with Crippen LogP contribution in [0.1, 0.15) is 6.92 Å². The van der Waals surface area contributed by atoms with E-state index in [2.05, 4.69) is 16.0 Å². The lowest BCUT2D eigenvalue weighted by atomic mass is 10.2. The molecule has 8 heteroatoms.